The number of rotatable bonds is 6. The number of hydrogen-bond donors (Lipinski definition) is 1. The van der Waals surface area contributed by atoms with Gasteiger partial charge in [0.05, 0.1) is 12.9 Å². The predicted molar refractivity (Wildman–Crippen MR) is 108 cm³/mol. The van der Waals surface area contributed by atoms with Crippen molar-refractivity contribution in [3.63, 3.8) is 0 Å². The number of carbonyl (C=O) groups is 1. The Morgan fingerprint density at radius 1 is 1.20 bits per heavy atom. The number of amides is 1. The van der Waals surface area contributed by atoms with Gasteiger partial charge >= 0.3 is 6.36 Å². The van der Waals surface area contributed by atoms with Gasteiger partial charge in [-0.1, -0.05) is 0 Å². The number of halogens is 3. The molecule has 0 spiro atoms. The average molecular weight is 419 g/mol. The normalized spacial score (nSPS) is 12.1. The van der Waals surface area contributed by atoms with E-state index >= 15 is 0 Å². The third-order valence-corrected chi connectivity index (χ3v) is 4.30. The molecule has 30 heavy (non-hydrogen) atoms. The molecule has 0 saturated carbocycles. The van der Waals surface area contributed by atoms with Crippen LogP contribution in [0.3, 0.4) is 0 Å². The highest BCUT2D eigenvalue weighted by Gasteiger charge is 2.30. The molecule has 8 heteroatoms. The Morgan fingerprint density at radius 2 is 1.90 bits per heavy atom. The second-order valence-electron chi connectivity index (χ2n) is 6.59. The van der Waals surface area contributed by atoms with Crippen LogP contribution in [0.5, 0.6) is 11.5 Å². The lowest BCUT2D eigenvalue weighted by Crippen LogP contribution is -2.17. The lowest BCUT2D eigenvalue weighted by atomic mass is 10.0. The first kappa shape index (κ1) is 21.3. The van der Waals surface area contributed by atoms with E-state index in [2.05, 4.69) is 10.1 Å². The van der Waals surface area contributed by atoms with E-state index in [4.69, 9.17) is 9.15 Å². The van der Waals surface area contributed by atoms with E-state index in [9.17, 15) is 18.0 Å². The van der Waals surface area contributed by atoms with Crippen LogP contribution >= 0.6 is 0 Å². The number of carbonyl (C=O) groups excluding carboxylic acids is 1. The van der Waals surface area contributed by atoms with Crippen LogP contribution in [0.4, 0.5) is 18.9 Å². The van der Waals surface area contributed by atoms with Gasteiger partial charge in [-0.05, 0) is 62.2 Å². The first-order valence-electron chi connectivity index (χ1n) is 9.16. The SMILES string of the molecule is CCOc1cc2occ(C)c2cc1/C(C)=C/C(=O)Nc1ccc(OC(F)(F)F)cc1. The number of anilines is 1. The molecule has 0 radical (unpaired) electrons. The number of alkyl halides is 3. The monoisotopic (exact) mass is 419 g/mol. The fraction of sp³-hybridized carbons (Fsp3) is 0.227. The summed E-state index contributed by atoms with van der Waals surface area (Å²) in [6, 6.07) is 8.60. The van der Waals surface area contributed by atoms with Crippen LogP contribution in [0.25, 0.3) is 16.5 Å². The summed E-state index contributed by atoms with van der Waals surface area (Å²) in [6.45, 7) is 6.01. The summed E-state index contributed by atoms with van der Waals surface area (Å²) < 4.78 is 51.7. The first-order valence-corrected chi connectivity index (χ1v) is 9.16. The number of aryl methyl sites for hydroxylation is 1. The van der Waals surface area contributed by atoms with Crippen LogP contribution in [0.2, 0.25) is 0 Å². The summed E-state index contributed by atoms with van der Waals surface area (Å²) in [5, 5.41) is 3.53. The highest BCUT2D eigenvalue weighted by Crippen LogP contribution is 2.33. The summed E-state index contributed by atoms with van der Waals surface area (Å²) >= 11 is 0. The van der Waals surface area contributed by atoms with Crippen molar-refractivity contribution in [1.29, 1.82) is 0 Å². The largest absolute Gasteiger partial charge is 0.573 e. The topological polar surface area (TPSA) is 60.7 Å². The number of benzene rings is 2. The van der Waals surface area contributed by atoms with Crippen molar-refractivity contribution < 1.29 is 31.9 Å². The van der Waals surface area contributed by atoms with Gasteiger partial charge in [-0.3, -0.25) is 4.79 Å². The van der Waals surface area contributed by atoms with Crippen LogP contribution in [-0.2, 0) is 4.79 Å². The van der Waals surface area contributed by atoms with E-state index in [1.54, 1.807) is 19.3 Å². The number of ether oxygens (including phenoxy) is 2. The molecule has 5 nitrogen and oxygen atoms in total. The minimum Gasteiger partial charge on any atom is -0.493 e. The van der Waals surface area contributed by atoms with E-state index < -0.39 is 12.3 Å². The molecule has 2 aromatic carbocycles. The molecular weight excluding hydrogens is 399 g/mol. The molecule has 0 aliphatic rings. The lowest BCUT2D eigenvalue weighted by molar-refractivity contribution is -0.274. The molecular formula is C22H20F3NO4. The zero-order valence-corrected chi connectivity index (χ0v) is 16.6. The fourth-order valence-electron chi connectivity index (χ4n) is 2.96. The molecule has 1 amide bonds. The van der Waals surface area contributed by atoms with Crippen molar-refractivity contribution >= 4 is 28.1 Å². The molecule has 0 aliphatic heterocycles. The zero-order chi connectivity index (χ0) is 21.9. The Labute approximate surface area is 171 Å². The van der Waals surface area contributed by atoms with Gasteiger partial charge < -0.3 is 19.2 Å². The zero-order valence-electron chi connectivity index (χ0n) is 16.6. The van der Waals surface area contributed by atoms with Crippen LogP contribution in [0, 0.1) is 6.92 Å². The molecule has 0 aliphatic carbocycles. The molecule has 158 valence electrons. The van der Waals surface area contributed by atoms with Crippen molar-refractivity contribution in [2.75, 3.05) is 11.9 Å². The Kier molecular flexibility index (Phi) is 6.05. The Balaban J connectivity index is 1.80. The highest BCUT2D eigenvalue weighted by atomic mass is 19.4. The summed E-state index contributed by atoms with van der Waals surface area (Å²) in [5.41, 5.74) is 3.41. The molecule has 3 aromatic rings. The maximum Gasteiger partial charge on any atom is 0.573 e. The molecule has 3 rings (SSSR count). The van der Waals surface area contributed by atoms with Gasteiger partial charge in [0.2, 0.25) is 5.91 Å². The smallest absolute Gasteiger partial charge is 0.493 e. The van der Waals surface area contributed by atoms with Gasteiger partial charge in [0.15, 0.2) is 0 Å². The minimum atomic E-state index is -4.77. The summed E-state index contributed by atoms with van der Waals surface area (Å²) in [6.07, 6.45) is -1.71. The van der Waals surface area contributed by atoms with Crippen LogP contribution in [0.1, 0.15) is 25.0 Å². The summed E-state index contributed by atoms with van der Waals surface area (Å²) in [5.74, 6) is -0.199. The molecule has 1 heterocycles. The molecule has 0 atom stereocenters. The van der Waals surface area contributed by atoms with Gasteiger partial charge in [0.25, 0.3) is 0 Å². The summed E-state index contributed by atoms with van der Waals surface area (Å²) in [4.78, 5) is 12.4. The molecule has 1 aromatic heterocycles. The summed E-state index contributed by atoms with van der Waals surface area (Å²) in [7, 11) is 0. The van der Waals surface area contributed by atoms with Crippen LogP contribution in [-0.4, -0.2) is 18.9 Å². The van der Waals surface area contributed by atoms with Gasteiger partial charge in [-0.25, -0.2) is 0 Å². The van der Waals surface area contributed by atoms with Gasteiger partial charge in [0.1, 0.15) is 17.1 Å². The second-order valence-corrected chi connectivity index (χ2v) is 6.59. The lowest BCUT2D eigenvalue weighted by Gasteiger charge is -2.12. The Morgan fingerprint density at radius 3 is 2.53 bits per heavy atom. The van der Waals surface area contributed by atoms with Crippen molar-refractivity contribution in [3.8, 4) is 11.5 Å². The number of hydrogen-bond acceptors (Lipinski definition) is 4. The van der Waals surface area contributed by atoms with Gasteiger partial charge in [-0.15, -0.1) is 13.2 Å². The average Bonchev–Trinajstić information content (AvgIpc) is 3.02. The Hall–Kier alpha value is -3.42. The first-order chi connectivity index (χ1) is 14.2. The van der Waals surface area contributed by atoms with Crippen LogP contribution < -0.4 is 14.8 Å². The predicted octanol–water partition coefficient (Wildman–Crippen LogP) is 6.08. The highest BCUT2D eigenvalue weighted by molar-refractivity contribution is 6.04. The minimum absolute atomic E-state index is 0.338. The van der Waals surface area contributed by atoms with E-state index in [1.807, 2.05) is 19.9 Å². The maximum atomic E-state index is 12.4. The maximum absolute atomic E-state index is 12.4. The molecule has 0 unspecified atom stereocenters. The number of nitrogens with one attached hydrogen (secondary N) is 1. The number of furan rings is 1. The standard InChI is InChI=1S/C22H20F3NO4/c1-4-28-19-11-20-18(14(3)12-29-20)10-17(19)13(2)9-21(27)26-15-5-7-16(8-6-15)30-22(23,24)25/h5-12H,4H2,1-3H3,(H,26,27)/b13-9+. The van der Waals surface area contributed by atoms with E-state index in [0.717, 1.165) is 28.6 Å². The van der Waals surface area contributed by atoms with Gasteiger partial charge in [-0.2, -0.15) is 0 Å². The fourth-order valence-corrected chi connectivity index (χ4v) is 2.96. The van der Waals surface area contributed by atoms with Crippen LogP contribution in [0.15, 0.2) is 53.2 Å². The van der Waals surface area contributed by atoms with E-state index in [0.29, 0.717) is 29.2 Å². The molecule has 1 N–H and O–H groups in total. The van der Waals surface area contributed by atoms with Crippen molar-refractivity contribution in [2.24, 2.45) is 0 Å². The number of fused-ring (bicyclic) bond motifs is 1. The third kappa shape index (κ3) is 5.14. The van der Waals surface area contributed by atoms with E-state index in [-0.39, 0.29) is 5.75 Å². The molecule has 0 bridgehead atoms. The van der Waals surface area contributed by atoms with Crippen molar-refractivity contribution in [2.45, 2.75) is 27.1 Å². The van der Waals surface area contributed by atoms with E-state index in [1.165, 1.54) is 18.2 Å². The van der Waals surface area contributed by atoms with Crippen molar-refractivity contribution in [3.05, 3.63) is 59.9 Å². The third-order valence-electron chi connectivity index (χ3n) is 4.30. The second kappa shape index (κ2) is 8.52. The quantitative estimate of drug-likeness (QED) is 0.492. The number of allylic oxidation sites excluding steroid dienone is 1. The van der Waals surface area contributed by atoms with Crippen molar-refractivity contribution in [1.82, 2.24) is 0 Å². The Bertz CT molecular complexity index is 1080. The van der Waals surface area contributed by atoms with Gasteiger partial charge in [0, 0.05) is 28.8 Å². The molecule has 0 fully saturated rings. The molecule has 0 saturated heterocycles.